The van der Waals surface area contributed by atoms with E-state index in [1.807, 2.05) is 0 Å². The van der Waals surface area contributed by atoms with Crippen molar-refractivity contribution in [3.63, 3.8) is 0 Å². The number of hydrogen-bond donors (Lipinski definition) is 1. The van der Waals surface area contributed by atoms with Crippen molar-refractivity contribution in [3.05, 3.63) is 11.7 Å². The minimum atomic E-state index is -2.65. The number of aromatic nitrogens is 2. The number of hydrogen-bond acceptors (Lipinski definition) is 4. The lowest BCUT2D eigenvalue weighted by atomic mass is 9.85. The van der Waals surface area contributed by atoms with Crippen LogP contribution in [0, 0.1) is 0 Å². The van der Waals surface area contributed by atoms with E-state index in [4.69, 9.17) is 4.52 Å². The number of halogens is 3. The Kier molecular flexibility index (Phi) is 3.36. The Balaban J connectivity index is 0.00000108. The van der Waals surface area contributed by atoms with Gasteiger partial charge < -0.3 is 9.84 Å². The zero-order chi connectivity index (χ0) is 11.2. The van der Waals surface area contributed by atoms with Crippen LogP contribution in [-0.2, 0) is 0 Å². The summed E-state index contributed by atoms with van der Waals surface area (Å²) >= 11 is 0. The Morgan fingerprint density at radius 1 is 1.35 bits per heavy atom. The van der Waals surface area contributed by atoms with Crippen LogP contribution in [-0.4, -0.2) is 22.6 Å². The highest BCUT2D eigenvalue weighted by molar-refractivity contribution is 5.85. The van der Waals surface area contributed by atoms with Crippen molar-refractivity contribution in [3.8, 4) is 0 Å². The maximum absolute atomic E-state index is 13.0. The molecule has 2 aliphatic rings. The highest BCUT2D eigenvalue weighted by Crippen LogP contribution is 2.37. The maximum atomic E-state index is 13.0. The van der Waals surface area contributed by atoms with Crippen LogP contribution in [0.5, 0.6) is 0 Å². The first-order valence-corrected chi connectivity index (χ1v) is 5.59. The van der Waals surface area contributed by atoms with E-state index < -0.39 is 12.0 Å². The predicted octanol–water partition coefficient (Wildman–Crippen LogP) is 2.43. The SMILES string of the molecule is Cl.FC1(F)CNC(c2noc(C3CCC3)n2)C1. The van der Waals surface area contributed by atoms with Crippen molar-refractivity contribution >= 4 is 12.4 Å². The average Bonchev–Trinajstić information content (AvgIpc) is 2.69. The van der Waals surface area contributed by atoms with Gasteiger partial charge >= 0.3 is 0 Å². The fraction of sp³-hybridized carbons (Fsp3) is 0.800. The maximum Gasteiger partial charge on any atom is 0.262 e. The van der Waals surface area contributed by atoms with E-state index in [1.165, 1.54) is 6.42 Å². The van der Waals surface area contributed by atoms with E-state index in [2.05, 4.69) is 15.5 Å². The van der Waals surface area contributed by atoms with Gasteiger partial charge in [0.2, 0.25) is 5.89 Å². The second kappa shape index (κ2) is 4.49. The van der Waals surface area contributed by atoms with Gasteiger partial charge in [0.05, 0.1) is 12.6 Å². The van der Waals surface area contributed by atoms with Crippen LogP contribution in [0.2, 0.25) is 0 Å². The molecular weight excluding hydrogens is 252 g/mol. The van der Waals surface area contributed by atoms with Crippen molar-refractivity contribution in [1.29, 1.82) is 0 Å². The van der Waals surface area contributed by atoms with Crippen molar-refractivity contribution in [1.82, 2.24) is 15.5 Å². The zero-order valence-electron chi connectivity index (χ0n) is 9.16. The third-order valence-corrected chi connectivity index (χ3v) is 3.33. The molecule has 17 heavy (non-hydrogen) atoms. The molecule has 1 aromatic heterocycles. The number of nitrogens with zero attached hydrogens (tertiary/aromatic N) is 2. The molecule has 1 saturated heterocycles. The Morgan fingerprint density at radius 3 is 2.65 bits per heavy atom. The van der Waals surface area contributed by atoms with Crippen LogP contribution < -0.4 is 5.32 Å². The van der Waals surface area contributed by atoms with Crippen molar-refractivity contribution in [2.75, 3.05) is 6.54 Å². The lowest BCUT2D eigenvalue weighted by molar-refractivity contribution is 0.0207. The largest absolute Gasteiger partial charge is 0.339 e. The second-order valence-corrected chi connectivity index (χ2v) is 4.61. The standard InChI is InChI=1S/C10H13F2N3O.ClH/c11-10(12)4-7(13-5-10)8-14-9(16-15-8)6-2-1-3-6;/h6-7,13H,1-5H2;1H. The van der Waals surface area contributed by atoms with Gasteiger partial charge in [-0.25, -0.2) is 8.78 Å². The molecule has 1 unspecified atom stereocenters. The van der Waals surface area contributed by atoms with Gasteiger partial charge in [-0.3, -0.25) is 0 Å². The molecule has 3 rings (SSSR count). The van der Waals surface area contributed by atoms with Gasteiger partial charge in [-0.15, -0.1) is 12.4 Å². The van der Waals surface area contributed by atoms with E-state index in [0.717, 1.165) is 12.8 Å². The van der Waals surface area contributed by atoms with Gasteiger partial charge in [-0.05, 0) is 12.8 Å². The molecule has 0 bridgehead atoms. The minimum Gasteiger partial charge on any atom is -0.339 e. The van der Waals surface area contributed by atoms with Gasteiger partial charge in [-0.2, -0.15) is 4.98 Å². The van der Waals surface area contributed by atoms with Crippen LogP contribution >= 0.6 is 12.4 Å². The summed E-state index contributed by atoms with van der Waals surface area (Å²) in [5.74, 6) is -1.32. The van der Waals surface area contributed by atoms with Crippen molar-refractivity contribution < 1.29 is 13.3 Å². The first-order valence-electron chi connectivity index (χ1n) is 5.59. The van der Waals surface area contributed by atoms with Gasteiger partial charge in [0.15, 0.2) is 5.82 Å². The summed E-state index contributed by atoms with van der Waals surface area (Å²) < 4.78 is 31.1. The van der Waals surface area contributed by atoms with Gasteiger partial charge in [0.25, 0.3) is 5.92 Å². The van der Waals surface area contributed by atoms with Gasteiger partial charge in [-0.1, -0.05) is 11.6 Å². The summed E-state index contributed by atoms with van der Waals surface area (Å²) in [6.45, 7) is -0.301. The molecule has 1 aromatic rings. The third kappa shape index (κ3) is 2.42. The molecular formula is C10H14ClF2N3O. The van der Waals surface area contributed by atoms with E-state index in [0.29, 0.717) is 17.6 Å². The molecule has 1 aliphatic carbocycles. The number of alkyl halides is 2. The summed E-state index contributed by atoms with van der Waals surface area (Å²) in [4.78, 5) is 4.21. The van der Waals surface area contributed by atoms with Crippen LogP contribution in [0.1, 0.15) is 49.4 Å². The first-order chi connectivity index (χ1) is 7.64. The first kappa shape index (κ1) is 12.7. The normalized spacial score (nSPS) is 27.5. The fourth-order valence-electron chi connectivity index (χ4n) is 2.11. The monoisotopic (exact) mass is 265 g/mol. The van der Waals surface area contributed by atoms with Crippen LogP contribution in [0.4, 0.5) is 8.78 Å². The summed E-state index contributed by atoms with van der Waals surface area (Å²) in [5.41, 5.74) is 0. The van der Waals surface area contributed by atoms with E-state index in [1.54, 1.807) is 0 Å². The average molecular weight is 266 g/mol. The van der Waals surface area contributed by atoms with Gasteiger partial charge in [0.1, 0.15) is 0 Å². The van der Waals surface area contributed by atoms with Crippen molar-refractivity contribution in [2.24, 2.45) is 0 Å². The lowest BCUT2D eigenvalue weighted by Gasteiger charge is -2.20. The molecule has 7 heteroatoms. The summed E-state index contributed by atoms with van der Waals surface area (Å²) in [6.07, 6.45) is 3.07. The summed E-state index contributed by atoms with van der Waals surface area (Å²) in [6, 6.07) is -0.465. The van der Waals surface area contributed by atoms with Crippen LogP contribution in [0.3, 0.4) is 0 Å². The molecule has 2 heterocycles. The Labute approximate surface area is 104 Å². The molecule has 0 amide bonds. The zero-order valence-corrected chi connectivity index (χ0v) is 9.97. The lowest BCUT2D eigenvalue weighted by Crippen LogP contribution is -2.19. The van der Waals surface area contributed by atoms with Crippen LogP contribution in [0.25, 0.3) is 0 Å². The highest BCUT2D eigenvalue weighted by atomic mass is 35.5. The predicted molar refractivity (Wildman–Crippen MR) is 58.4 cm³/mol. The molecule has 0 radical (unpaired) electrons. The number of rotatable bonds is 2. The van der Waals surface area contributed by atoms with Crippen molar-refractivity contribution in [2.45, 2.75) is 43.6 Å². The second-order valence-electron chi connectivity index (χ2n) is 4.61. The minimum absolute atomic E-state index is 0. The third-order valence-electron chi connectivity index (χ3n) is 3.33. The molecule has 1 N–H and O–H groups in total. The molecule has 4 nitrogen and oxygen atoms in total. The smallest absolute Gasteiger partial charge is 0.262 e. The Hall–Kier alpha value is -0.750. The molecule has 2 fully saturated rings. The topological polar surface area (TPSA) is 51.0 Å². The Morgan fingerprint density at radius 2 is 2.12 bits per heavy atom. The fourth-order valence-corrected chi connectivity index (χ4v) is 2.11. The summed E-state index contributed by atoms with van der Waals surface area (Å²) in [7, 11) is 0. The van der Waals surface area contributed by atoms with Gasteiger partial charge in [0, 0.05) is 12.3 Å². The van der Waals surface area contributed by atoms with Crippen LogP contribution in [0.15, 0.2) is 4.52 Å². The quantitative estimate of drug-likeness (QED) is 0.892. The highest BCUT2D eigenvalue weighted by Gasteiger charge is 2.42. The molecule has 1 saturated carbocycles. The molecule has 0 aromatic carbocycles. The van der Waals surface area contributed by atoms with E-state index in [9.17, 15) is 8.78 Å². The molecule has 0 spiro atoms. The Bertz CT molecular complexity index is 395. The molecule has 1 aliphatic heterocycles. The summed E-state index contributed by atoms with van der Waals surface area (Å²) in [5, 5.41) is 6.50. The molecule has 96 valence electrons. The number of nitrogens with one attached hydrogen (secondary N) is 1. The molecule has 1 atom stereocenters. The van der Waals surface area contributed by atoms with E-state index in [-0.39, 0.29) is 25.4 Å². The van der Waals surface area contributed by atoms with E-state index >= 15 is 0 Å².